The Hall–Kier alpha value is -3.13. The topological polar surface area (TPSA) is 77.1 Å². The number of morpholine rings is 1. The Morgan fingerprint density at radius 2 is 1.97 bits per heavy atom. The van der Waals surface area contributed by atoms with E-state index in [1.165, 1.54) is 17.0 Å². The first-order chi connectivity index (χ1) is 14.5. The number of amides is 2. The third-order valence-electron chi connectivity index (χ3n) is 4.95. The zero-order valence-electron chi connectivity index (χ0n) is 17.0. The van der Waals surface area contributed by atoms with Gasteiger partial charge >= 0.3 is 0 Å². The van der Waals surface area contributed by atoms with Gasteiger partial charge in [-0.2, -0.15) is 0 Å². The summed E-state index contributed by atoms with van der Waals surface area (Å²) < 4.78 is 29.0. The molecule has 1 saturated heterocycles. The molecule has 3 rings (SSSR count). The van der Waals surface area contributed by atoms with Crippen LogP contribution in [-0.4, -0.2) is 56.7 Å². The van der Waals surface area contributed by atoms with Gasteiger partial charge in [0.1, 0.15) is 30.0 Å². The van der Waals surface area contributed by atoms with E-state index in [4.69, 9.17) is 14.2 Å². The SMILES string of the molecule is COc1ccc(CCNC(=O)[C@@H]2COCC(=O)N2Cc2ccc(F)cc2)c(OC)c1. The van der Waals surface area contributed by atoms with Gasteiger partial charge in [0.25, 0.3) is 0 Å². The van der Waals surface area contributed by atoms with E-state index < -0.39 is 6.04 Å². The summed E-state index contributed by atoms with van der Waals surface area (Å²) in [5.41, 5.74) is 1.67. The van der Waals surface area contributed by atoms with E-state index in [1.807, 2.05) is 12.1 Å². The number of hydrogen-bond donors (Lipinski definition) is 1. The van der Waals surface area contributed by atoms with Crippen molar-refractivity contribution in [2.24, 2.45) is 0 Å². The predicted molar refractivity (Wildman–Crippen MR) is 108 cm³/mol. The Labute approximate surface area is 174 Å². The maximum atomic E-state index is 13.1. The minimum atomic E-state index is -0.742. The van der Waals surface area contributed by atoms with E-state index in [0.29, 0.717) is 24.5 Å². The molecule has 1 aliphatic rings. The second kappa shape index (κ2) is 10.1. The van der Waals surface area contributed by atoms with Gasteiger partial charge in [0.05, 0.1) is 20.8 Å². The highest BCUT2D eigenvalue weighted by Gasteiger charge is 2.33. The third kappa shape index (κ3) is 5.27. The van der Waals surface area contributed by atoms with Gasteiger partial charge in [-0.1, -0.05) is 18.2 Å². The summed E-state index contributed by atoms with van der Waals surface area (Å²) in [5.74, 6) is 0.446. The summed E-state index contributed by atoms with van der Waals surface area (Å²) >= 11 is 0. The van der Waals surface area contributed by atoms with Crippen molar-refractivity contribution in [1.29, 1.82) is 0 Å². The van der Waals surface area contributed by atoms with Crippen molar-refractivity contribution >= 4 is 11.8 Å². The van der Waals surface area contributed by atoms with Crippen LogP contribution in [0.5, 0.6) is 11.5 Å². The lowest BCUT2D eigenvalue weighted by molar-refractivity contribution is -0.155. The molecule has 1 heterocycles. The van der Waals surface area contributed by atoms with Gasteiger partial charge in [-0.15, -0.1) is 0 Å². The first-order valence-corrected chi connectivity index (χ1v) is 9.62. The lowest BCUT2D eigenvalue weighted by Gasteiger charge is -2.34. The zero-order chi connectivity index (χ0) is 21.5. The second-order valence-corrected chi connectivity index (χ2v) is 6.90. The highest BCUT2D eigenvalue weighted by molar-refractivity contribution is 5.89. The number of ether oxygens (including phenoxy) is 3. The fourth-order valence-corrected chi connectivity index (χ4v) is 3.30. The van der Waals surface area contributed by atoms with Crippen LogP contribution < -0.4 is 14.8 Å². The standard InChI is InChI=1S/C22H25FN2O5/c1-28-18-8-5-16(20(11-18)29-2)9-10-24-22(27)19-13-30-14-21(26)25(19)12-15-3-6-17(23)7-4-15/h3-8,11,19H,9-10,12-14H2,1-2H3,(H,24,27)/t19-/m0/s1. The van der Waals surface area contributed by atoms with Crippen LogP contribution in [0.25, 0.3) is 0 Å². The van der Waals surface area contributed by atoms with E-state index in [9.17, 15) is 14.0 Å². The summed E-state index contributed by atoms with van der Waals surface area (Å²) in [6.45, 7) is 0.627. The summed E-state index contributed by atoms with van der Waals surface area (Å²) in [4.78, 5) is 26.6. The summed E-state index contributed by atoms with van der Waals surface area (Å²) in [5, 5.41) is 2.87. The molecule has 2 aromatic rings. The van der Waals surface area contributed by atoms with Gasteiger partial charge in [0.2, 0.25) is 11.8 Å². The number of carbonyl (C=O) groups is 2. The molecule has 2 aromatic carbocycles. The zero-order valence-corrected chi connectivity index (χ0v) is 17.0. The van der Waals surface area contributed by atoms with Gasteiger partial charge in [-0.05, 0) is 35.7 Å². The van der Waals surface area contributed by atoms with Crippen molar-refractivity contribution in [1.82, 2.24) is 10.2 Å². The highest BCUT2D eigenvalue weighted by Crippen LogP contribution is 2.24. The molecular weight excluding hydrogens is 391 g/mol. The summed E-state index contributed by atoms with van der Waals surface area (Å²) in [7, 11) is 3.16. The molecule has 0 saturated carbocycles. The smallest absolute Gasteiger partial charge is 0.249 e. The number of carbonyl (C=O) groups excluding carboxylic acids is 2. The minimum Gasteiger partial charge on any atom is -0.497 e. The van der Waals surface area contributed by atoms with E-state index >= 15 is 0 Å². The van der Waals surface area contributed by atoms with Gasteiger partial charge in [0.15, 0.2) is 0 Å². The van der Waals surface area contributed by atoms with Crippen molar-refractivity contribution in [3.8, 4) is 11.5 Å². The molecule has 30 heavy (non-hydrogen) atoms. The molecule has 1 fully saturated rings. The number of nitrogens with one attached hydrogen (secondary N) is 1. The van der Waals surface area contributed by atoms with Gasteiger partial charge < -0.3 is 24.4 Å². The first kappa shape index (κ1) is 21.6. The Bertz CT molecular complexity index is 888. The highest BCUT2D eigenvalue weighted by atomic mass is 19.1. The van der Waals surface area contributed by atoms with Crippen LogP contribution in [0.3, 0.4) is 0 Å². The van der Waals surface area contributed by atoms with Crippen LogP contribution in [-0.2, 0) is 27.3 Å². The Balaban J connectivity index is 1.61. The molecule has 0 spiro atoms. The normalized spacial score (nSPS) is 16.3. The first-order valence-electron chi connectivity index (χ1n) is 9.62. The van der Waals surface area contributed by atoms with E-state index in [2.05, 4.69) is 5.32 Å². The van der Waals surface area contributed by atoms with Crippen LogP contribution >= 0.6 is 0 Å². The Morgan fingerprint density at radius 1 is 1.20 bits per heavy atom. The molecule has 1 aliphatic heterocycles. The average molecular weight is 416 g/mol. The molecule has 8 heteroatoms. The number of halogens is 1. The maximum Gasteiger partial charge on any atom is 0.249 e. The van der Waals surface area contributed by atoms with E-state index in [-0.39, 0.29) is 37.4 Å². The van der Waals surface area contributed by atoms with Crippen molar-refractivity contribution in [2.45, 2.75) is 19.0 Å². The predicted octanol–water partition coefficient (Wildman–Crippen LogP) is 1.93. The number of nitrogens with zero attached hydrogens (tertiary/aromatic N) is 1. The number of methoxy groups -OCH3 is 2. The molecule has 0 bridgehead atoms. The van der Waals surface area contributed by atoms with Gasteiger partial charge in [0, 0.05) is 19.2 Å². The molecule has 160 valence electrons. The number of hydrogen-bond acceptors (Lipinski definition) is 5. The third-order valence-corrected chi connectivity index (χ3v) is 4.95. The molecule has 7 nitrogen and oxygen atoms in total. The monoisotopic (exact) mass is 416 g/mol. The summed E-state index contributed by atoms with van der Waals surface area (Å²) in [6.07, 6.45) is 0.554. The number of rotatable bonds is 8. The van der Waals surface area contributed by atoms with Crippen LogP contribution in [0.2, 0.25) is 0 Å². The lowest BCUT2D eigenvalue weighted by Crippen LogP contribution is -2.56. The van der Waals surface area contributed by atoms with E-state index in [0.717, 1.165) is 11.1 Å². The van der Waals surface area contributed by atoms with Gasteiger partial charge in [-0.3, -0.25) is 9.59 Å². The van der Waals surface area contributed by atoms with E-state index in [1.54, 1.807) is 32.4 Å². The van der Waals surface area contributed by atoms with Crippen LogP contribution in [0.1, 0.15) is 11.1 Å². The average Bonchev–Trinajstić information content (AvgIpc) is 2.76. The fraction of sp³-hybridized carbons (Fsp3) is 0.364. The van der Waals surface area contributed by atoms with Crippen molar-refractivity contribution in [3.05, 3.63) is 59.4 Å². The lowest BCUT2D eigenvalue weighted by atomic mass is 10.1. The Morgan fingerprint density at radius 3 is 2.67 bits per heavy atom. The maximum absolute atomic E-state index is 13.1. The van der Waals surface area contributed by atoms with Gasteiger partial charge in [-0.25, -0.2) is 4.39 Å². The molecule has 0 unspecified atom stereocenters. The van der Waals surface area contributed by atoms with Crippen LogP contribution in [0.4, 0.5) is 4.39 Å². The Kier molecular flexibility index (Phi) is 7.24. The second-order valence-electron chi connectivity index (χ2n) is 6.90. The molecule has 0 aliphatic carbocycles. The molecule has 1 N–H and O–H groups in total. The van der Waals surface area contributed by atoms with Crippen molar-refractivity contribution in [2.75, 3.05) is 34.0 Å². The number of benzene rings is 2. The fourth-order valence-electron chi connectivity index (χ4n) is 3.30. The van der Waals surface area contributed by atoms with Crippen molar-refractivity contribution in [3.63, 3.8) is 0 Å². The molecule has 1 atom stereocenters. The summed E-state index contributed by atoms with van der Waals surface area (Å²) in [6, 6.07) is 10.6. The van der Waals surface area contributed by atoms with Crippen LogP contribution in [0, 0.1) is 5.82 Å². The minimum absolute atomic E-state index is 0.0754. The molecule has 2 amide bonds. The molecule has 0 radical (unpaired) electrons. The van der Waals surface area contributed by atoms with Crippen molar-refractivity contribution < 1.29 is 28.2 Å². The quantitative estimate of drug-likeness (QED) is 0.712. The van der Waals surface area contributed by atoms with Crippen LogP contribution in [0.15, 0.2) is 42.5 Å². The molecular formula is C22H25FN2O5. The molecule has 0 aromatic heterocycles. The largest absolute Gasteiger partial charge is 0.497 e.